The highest BCUT2D eigenvalue weighted by atomic mass is 16.6. The number of unbranched alkanes of at least 4 members (excludes halogenated alkanes) is 4. The molecule has 4 rings (SSSR count). The average molecular weight is 719 g/mol. The molecule has 0 aliphatic heterocycles. The van der Waals surface area contributed by atoms with Gasteiger partial charge in [0.15, 0.2) is 12.2 Å². The number of carbonyl (C=O) groups excluding carboxylic acids is 2. The van der Waals surface area contributed by atoms with Crippen molar-refractivity contribution in [3.8, 4) is 0 Å². The van der Waals surface area contributed by atoms with Gasteiger partial charge in [-0.15, -0.1) is 0 Å². The third kappa shape index (κ3) is 11.7. The highest BCUT2D eigenvalue weighted by molar-refractivity contribution is 5.91. The lowest BCUT2D eigenvalue weighted by molar-refractivity contribution is -0.163. The Balaban J connectivity index is 1.41. The van der Waals surface area contributed by atoms with Gasteiger partial charge in [-0.3, -0.25) is 9.59 Å². The summed E-state index contributed by atoms with van der Waals surface area (Å²) in [5, 5.41) is 19.9. The van der Waals surface area contributed by atoms with Crippen molar-refractivity contribution in [2.75, 3.05) is 0 Å². The predicted octanol–water partition coefficient (Wildman–Crippen LogP) is 10.7. The molecule has 286 valence electrons. The summed E-state index contributed by atoms with van der Waals surface area (Å²) in [5.74, 6) is -1.81. The zero-order valence-corrected chi connectivity index (χ0v) is 31.9. The molecule has 0 amide bonds. The highest BCUT2D eigenvalue weighted by Crippen LogP contribution is 2.39. The summed E-state index contributed by atoms with van der Waals surface area (Å²) < 4.78 is 11.5. The Hall–Kier alpha value is -3.68. The van der Waals surface area contributed by atoms with E-state index < -0.39 is 47.9 Å². The molecular formula is C44H62O8. The van der Waals surface area contributed by atoms with Gasteiger partial charge < -0.3 is 19.7 Å². The average Bonchev–Trinajstić information content (AvgIpc) is 3.14. The van der Waals surface area contributed by atoms with Gasteiger partial charge in [-0.05, 0) is 124 Å². The van der Waals surface area contributed by atoms with Gasteiger partial charge in [-0.25, -0.2) is 9.59 Å². The van der Waals surface area contributed by atoms with E-state index in [2.05, 4.69) is 13.8 Å². The first-order valence-electron chi connectivity index (χ1n) is 20.0. The Labute approximate surface area is 311 Å². The van der Waals surface area contributed by atoms with Crippen LogP contribution >= 0.6 is 0 Å². The number of rotatable bonds is 19. The van der Waals surface area contributed by atoms with E-state index in [0.717, 1.165) is 48.6 Å². The quantitative estimate of drug-likeness (QED) is 0.109. The number of carboxylic acid groups (broad SMARTS) is 2. The van der Waals surface area contributed by atoms with E-state index in [1.807, 2.05) is 24.3 Å². The van der Waals surface area contributed by atoms with Crippen LogP contribution in [0.5, 0.6) is 0 Å². The SMILES string of the molecule is CCCCCC1CCC(c2ccc(C(=O)O[C@H](CC(=O)O)[C@H](OC(=O)c3ccc(C4CCC(CCCCC)CC4)cc3)C(C)(C)C(=O)O)cc2)CC1. The van der Waals surface area contributed by atoms with Gasteiger partial charge in [0, 0.05) is 0 Å². The van der Waals surface area contributed by atoms with Gasteiger partial charge in [-0.2, -0.15) is 0 Å². The lowest BCUT2D eigenvalue weighted by Gasteiger charge is -2.35. The van der Waals surface area contributed by atoms with Gasteiger partial charge in [-0.1, -0.05) is 89.5 Å². The van der Waals surface area contributed by atoms with Gasteiger partial charge in [0.25, 0.3) is 0 Å². The van der Waals surface area contributed by atoms with E-state index in [1.54, 1.807) is 24.3 Å². The zero-order chi connectivity index (χ0) is 37.7. The van der Waals surface area contributed by atoms with E-state index in [-0.39, 0.29) is 11.1 Å². The first-order valence-corrected chi connectivity index (χ1v) is 20.0. The fraction of sp³-hybridized carbons (Fsp3) is 0.636. The molecule has 8 nitrogen and oxygen atoms in total. The van der Waals surface area contributed by atoms with Crippen molar-refractivity contribution in [1.82, 2.24) is 0 Å². The molecule has 2 saturated carbocycles. The van der Waals surface area contributed by atoms with Crippen molar-refractivity contribution >= 4 is 23.9 Å². The Kier molecular flexibility index (Phi) is 15.8. The van der Waals surface area contributed by atoms with Crippen molar-refractivity contribution in [2.45, 2.75) is 161 Å². The number of carboxylic acids is 2. The van der Waals surface area contributed by atoms with Gasteiger partial charge in [0.05, 0.1) is 17.5 Å². The maximum absolute atomic E-state index is 13.5. The van der Waals surface area contributed by atoms with Gasteiger partial charge in [0.1, 0.15) is 5.41 Å². The number of esters is 2. The third-order valence-corrected chi connectivity index (χ3v) is 11.8. The second-order valence-corrected chi connectivity index (χ2v) is 16.1. The molecule has 8 heteroatoms. The second kappa shape index (κ2) is 20.0. The van der Waals surface area contributed by atoms with Crippen LogP contribution in [0.25, 0.3) is 0 Å². The number of ether oxygens (including phenoxy) is 2. The molecule has 52 heavy (non-hydrogen) atoms. The van der Waals surface area contributed by atoms with Crippen LogP contribution in [-0.2, 0) is 19.1 Å². The van der Waals surface area contributed by atoms with E-state index in [9.17, 15) is 29.4 Å². The summed E-state index contributed by atoms with van der Waals surface area (Å²) in [6.07, 6.45) is 15.6. The van der Waals surface area contributed by atoms with E-state index in [4.69, 9.17) is 9.47 Å². The summed E-state index contributed by atoms with van der Waals surface area (Å²) in [5.41, 5.74) is 0.978. The standard InChI is InChI=1S/C44H62O8/c1-5-7-9-11-30-13-17-32(18-14-30)34-21-25-36(26-22-34)41(47)51-38(29-39(45)46)40(44(3,4)43(49)50)52-42(48)37-27-23-35(24-28-37)33-19-15-31(16-20-33)12-10-8-6-2/h21-28,30-33,38,40H,5-20,29H2,1-4H3,(H,45,46)(H,49,50)/t30?,31?,32?,33?,38-,40+/m1/s1. The summed E-state index contributed by atoms with van der Waals surface area (Å²) in [6.45, 7) is 7.13. The summed E-state index contributed by atoms with van der Waals surface area (Å²) >= 11 is 0. The lowest BCUT2D eigenvalue weighted by atomic mass is 9.77. The van der Waals surface area contributed by atoms with Gasteiger partial charge in [0.2, 0.25) is 0 Å². The number of hydrogen-bond acceptors (Lipinski definition) is 6. The molecule has 2 aliphatic rings. The first-order chi connectivity index (χ1) is 24.9. The molecule has 2 aromatic carbocycles. The number of hydrogen-bond donors (Lipinski definition) is 2. The fourth-order valence-electron chi connectivity index (χ4n) is 8.30. The molecule has 2 N–H and O–H groups in total. The molecule has 2 atom stereocenters. The normalized spacial score (nSPS) is 21.8. The van der Waals surface area contributed by atoms with Crippen molar-refractivity contribution in [3.63, 3.8) is 0 Å². The topological polar surface area (TPSA) is 127 Å². The fourth-order valence-corrected chi connectivity index (χ4v) is 8.30. The van der Waals surface area contributed by atoms with Gasteiger partial charge >= 0.3 is 23.9 Å². The van der Waals surface area contributed by atoms with Crippen LogP contribution in [0.3, 0.4) is 0 Å². The monoisotopic (exact) mass is 718 g/mol. The van der Waals surface area contributed by atoms with Crippen molar-refractivity contribution in [2.24, 2.45) is 17.3 Å². The molecule has 0 saturated heterocycles. The molecule has 2 aliphatic carbocycles. The number of aliphatic carboxylic acids is 2. The van der Waals surface area contributed by atoms with Crippen LogP contribution < -0.4 is 0 Å². The molecule has 2 aromatic rings. The molecule has 2 fully saturated rings. The molecule has 0 heterocycles. The maximum atomic E-state index is 13.5. The smallest absolute Gasteiger partial charge is 0.338 e. The molecule has 0 spiro atoms. The van der Waals surface area contributed by atoms with Crippen LogP contribution in [0.4, 0.5) is 0 Å². The van der Waals surface area contributed by atoms with E-state index in [0.29, 0.717) is 11.8 Å². The zero-order valence-electron chi connectivity index (χ0n) is 31.9. The third-order valence-electron chi connectivity index (χ3n) is 11.8. The van der Waals surface area contributed by atoms with Crippen molar-refractivity contribution in [3.05, 3.63) is 70.8 Å². The van der Waals surface area contributed by atoms with Crippen molar-refractivity contribution < 1.29 is 38.9 Å². The molecule has 0 unspecified atom stereocenters. The molecule has 0 aromatic heterocycles. The number of benzene rings is 2. The molecular weight excluding hydrogens is 656 g/mol. The maximum Gasteiger partial charge on any atom is 0.338 e. The summed E-state index contributed by atoms with van der Waals surface area (Å²) in [7, 11) is 0. The minimum absolute atomic E-state index is 0.217. The minimum atomic E-state index is -1.77. The Morgan fingerprint density at radius 2 is 1.04 bits per heavy atom. The highest BCUT2D eigenvalue weighted by Gasteiger charge is 2.47. The summed E-state index contributed by atoms with van der Waals surface area (Å²) in [6, 6.07) is 14.4. The van der Waals surface area contributed by atoms with Crippen LogP contribution in [0, 0.1) is 17.3 Å². The second-order valence-electron chi connectivity index (χ2n) is 16.1. The van der Waals surface area contributed by atoms with Crippen LogP contribution in [0.15, 0.2) is 48.5 Å². The van der Waals surface area contributed by atoms with Crippen LogP contribution in [0.2, 0.25) is 0 Å². The Morgan fingerprint density at radius 1 is 0.635 bits per heavy atom. The van der Waals surface area contributed by atoms with E-state index in [1.165, 1.54) is 90.9 Å². The largest absolute Gasteiger partial charge is 0.481 e. The molecule has 0 bridgehead atoms. The molecule has 0 radical (unpaired) electrons. The first kappa shape index (κ1) is 41.1. The Morgan fingerprint density at radius 3 is 1.40 bits per heavy atom. The lowest BCUT2D eigenvalue weighted by Crippen LogP contribution is -2.49. The predicted molar refractivity (Wildman–Crippen MR) is 203 cm³/mol. The van der Waals surface area contributed by atoms with E-state index >= 15 is 0 Å². The van der Waals surface area contributed by atoms with Crippen LogP contribution in [0.1, 0.15) is 181 Å². The minimum Gasteiger partial charge on any atom is -0.481 e. The number of carbonyl (C=O) groups is 4. The van der Waals surface area contributed by atoms with Crippen molar-refractivity contribution in [1.29, 1.82) is 0 Å². The Bertz CT molecular complexity index is 1430. The summed E-state index contributed by atoms with van der Waals surface area (Å²) in [4.78, 5) is 51.3. The van der Waals surface area contributed by atoms with Crippen LogP contribution in [-0.4, -0.2) is 46.3 Å².